The molecule has 0 aromatic heterocycles. The molecule has 1 amide bonds. The summed E-state index contributed by atoms with van der Waals surface area (Å²) in [5.41, 5.74) is 0.683. The first kappa shape index (κ1) is 23.3. The molecule has 0 radical (unpaired) electrons. The number of anilines is 1. The van der Waals surface area contributed by atoms with Crippen molar-refractivity contribution < 1.29 is 33.9 Å². The molecule has 11 heteroatoms. The summed E-state index contributed by atoms with van der Waals surface area (Å²) in [6, 6.07) is 12.3. The number of likely N-dealkylation sites (tertiary alicyclic amines) is 1. The number of benzene rings is 2. The average molecular weight is 433 g/mol. The van der Waals surface area contributed by atoms with E-state index in [1.165, 1.54) is 24.3 Å². The standard InChI is InChI=1S/C18H18FN3O3.C2H2O4/c19-16-6-1-2-7-17(16)20-14-8-10-21(11-9-14)18(23)13-4-3-5-15(12-13)22(24)25;3-1(4)2(5)6/h1-7,12,14,20H,8-11H2;(H,3,4)(H,5,6). The lowest BCUT2D eigenvalue weighted by Crippen LogP contribution is -2.42. The van der Waals surface area contributed by atoms with E-state index in [2.05, 4.69) is 5.32 Å². The third kappa shape index (κ3) is 6.77. The number of hydrogen-bond donors (Lipinski definition) is 3. The minimum atomic E-state index is -1.82. The number of halogens is 1. The molecule has 0 aliphatic carbocycles. The lowest BCUT2D eigenvalue weighted by molar-refractivity contribution is -0.384. The van der Waals surface area contributed by atoms with Gasteiger partial charge in [-0.25, -0.2) is 14.0 Å². The minimum absolute atomic E-state index is 0.0889. The summed E-state index contributed by atoms with van der Waals surface area (Å²) in [6.45, 7) is 1.04. The number of non-ortho nitro benzene ring substituents is 1. The Morgan fingerprint density at radius 1 is 1.03 bits per heavy atom. The van der Waals surface area contributed by atoms with E-state index < -0.39 is 16.9 Å². The topological polar surface area (TPSA) is 150 Å². The van der Waals surface area contributed by atoms with Gasteiger partial charge in [-0.3, -0.25) is 14.9 Å². The number of para-hydroxylation sites is 1. The highest BCUT2D eigenvalue weighted by Gasteiger charge is 2.24. The van der Waals surface area contributed by atoms with Crippen LogP contribution in [0.2, 0.25) is 0 Å². The first-order valence-electron chi connectivity index (χ1n) is 9.20. The number of rotatable bonds is 4. The number of nitro groups is 1. The Hall–Kier alpha value is -4.02. The van der Waals surface area contributed by atoms with Gasteiger partial charge in [0.25, 0.3) is 11.6 Å². The predicted molar refractivity (Wildman–Crippen MR) is 107 cm³/mol. The summed E-state index contributed by atoms with van der Waals surface area (Å²) >= 11 is 0. The van der Waals surface area contributed by atoms with E-state index in [0.29, 0.717) is 37.2 Å². The number of nitrogens with one attached hydrogen (secondary N) is 1. The lowest BCUT2D eigenvalue weighted by atomic mass is 10.0. The maximum absolute atomic E-state index is 13.7. The summed E-state index contributed by atoms with van der Waals surface area (Å²) in [6.07, 6.45) is 1.38. The lowest BCUT2D eigenvalue weighted by Gasteiger charge is -2.33. The molecule has 1 fully saturated rings. The molecule has 0 bridgehead atoms. The first-order chi connectivity index (χ1) is 14.7. The number of nitrogens with zero attached hydrogens (tertiary/aromatic N) is 2. The molecule has 10 nitrogen and oxygen atoms in total. The molecule has 0 atom stereocenters. The van der Waals surface area contributed by atoms with Crippen LogP contribution in [0.5, 0.6) is 0 Å². The van der Waals surface area contributed by atoms with Crippen molar-refractivity contribution >= 4 is 29.2 Å². The van der Waals surface area contributed by atoms with Crippen molar-refractivity contribution in [1.82, 2.24) is 4.90 Å². The molecule has 31 heavy (non-hydrogen) atoms. The molecular weight excluding hydrogens is 413 g/mol. The van der Waals surface area contributed by atoms with Crippen LogP contribution in [-0.4, -0.2) is 57.0 Å². The Labute approximate surface area is 176 Å². The zero-order valence-electron chi connectivity index (χ0n) is 16.2. The van der Waals surface area contributed by atoms with Crippen molar-refractivity contribution in [3.63, 3.8) is 0 Å². The predicted octanol–water partition coefficient (Wildman–Crippen LogP) is 2.61. The van der Waals surface area contributed by atoms with E-state index in [4.69, 9.17) is 19.8 Å². The van der Waals surface area contributed by atoms with Gasteiger partial charge in [0.15, 0.2) is 0 Å². The van der Waals surface area contributed by atoms with Gasteiger partial charge in [0.1, 0.15) is 5.82 Å². The number of piperidine rings is 1. The molecule has 164 valence electrons. The van der Waals surface area contributed by atoms with Crippen LogP contribution in [0.15, 0.2) is 48.5 Å². The Balaban J connectivity index is 0.000000501. The minimum Gasteiger partial charge on any atom is -0.473 e. The summed E-state index contributed by atoms with van der Waals surface area (Å²) in [7, 11) is 0. The molecule has 1 aliphatic rings. The number of carbonyl (C=O) groups is 3. The van der Waals surface area contributed by atoms with Crippen molar-refractivity contribution in [1.29, 1.82) is 0 Å². The van der Waals surface area contributed by atoms with E-state index in [0.717, 1.165) is 0 Å². The van der Waals surface area contributed by atoms with Crippen molar-refractivity contribution in [3.8, 4) is 0 Å². The molecule has 0 unspecified atom stereocenters. The normalized spacial score (nSPS) is 13.5. The summed E-state index contributed by atoms with van der Waals surface area (Å²) < 4.78 is 13.7. The van der Waals surface area contributed by atoms with Crippen molar-refractivity contribution in [2.45, 2.75) is 18.9 Å². The van der Waals surface area contributed by atoms with E-state index in [1.807, 2.05) is 0 Å². The number of carboxylic acids is 2. The fourth-order valence-electron chi connectivity index (χ4n) is 2.96. The van der Waals surface area contributed by atoms with Gasteiger partial charge in [0, 0.05) is 36.8 Å². The number of nitro benzene ring substituents is 1. The molecule has 2 aromatic carbocycles. The second kappa shape index (κ2) is 10.7. The van der Waals surface area contributed by atoms with Gasteiger partial charge in [-0.1, -0.05) is 18.2 Å². The zero-order chi connectivity index (χ0) is 23.0. The first-order valence-corrected chi connectivity index (χ1v) is 9.20. The SMILES string of the molecule is O=C(O)C(=O)O.O=C(c1cccc([N+](=O)[O-])c1)N1CCC(Nc2ccccc2F)CC1. The highest BCUT2D eigenvalue weighted by Crippen LogP contribution is 2.21. The van der Waals surface area contributed by atoms with Gasteiger partial charge < -0.3 is 20.4 Å². The number of hydrogen-bond acceptors (Lipinski definition) is 6. The van der Waals surface area contributed by atoms with Gasteiger partial charge in [-0.05, 0) is 31.0 Å². The number of aliphatic carboxylic acids is 2. The molecule has 3 rings (SSSR count). The Bertz CT molecular complexity index is 963. The summed E-state index contributed by atoms with van der Waals surface area (Å²) in [5, 5.41) is 28.8. The van der Waals surface area contributed by atoms with Crippen LogP contribution < -0.4 is 5.32 Å². The second-order valence-corrected chi connectivity index (χ2v) is 6.61. The molecule has 1 aliphatic heterocycles. The Morgan fingerprint density at radius 2 is 1.65 bits per heavy atom. The molecule has 0 saturated carbocycles. The van der Waals surface area contributed by atoms with Crippen molar-refractivity contribution in [3.05, 3.63) is 70.0 Å². The summed E-state index contributed by atoms with van der Waals surface area (Å²) in [4.78, 5) is 42.7. The number of carbonyl (C=O) groups excluding carboxylic acids is 1. The maximum atomic E-state index is 13.7. The van der Waals surface area contributed by atoms with Crippen LogP contribution in [0, 0.1) is 15.9 Å². The number of amides is 1. The fourth-order valence-corrected chi connectivity index (χ4v) is 2.96. The molecular formula is C20H20FN3O7. The Kier molecular flexibility index (Phi) is 8.01. The monoisotopic (exact) mass is 433 g/mol. The van der Waals surface area contributed by atoms with E-state index in [9.17, 15) is 19.3 Å². The van der Waals surface area contributed by atoms with Crippen molar-refractivity contribution in [2.24, 2.45) is 0 Å². The van der Waals surface area contributed by atoms with Crippen LogP contribution in [0.1, 0.15) is 23.2 Å². The fraction of sp³-hybridized carbons (Fsp3) is 0.250. The van der Waals surface area contributed by atoms with Gasteiger partial charge in [-0.2, -0.15) is 0 Å². The van der Waals surface area contributed by atoms with Crippen LogP contribution in [0.3, 0.4) is 0 Å². The smallest absolute Gasteiger partial charge is 0.414 e. The van der Waals surface area contributed by atoms with Crippen molar-refractivity contribution in [2.75, 3.05) is 18.4 Å². The highest BCUT2D eigenvalue weighted by atomic mass is 19.1. The van der Waals surface area contributed by atoms with Crippen LogP contribution in [0.4, 0.5) is 15.8 Å². The van der Waals surface area contributed by atoms with Crippen LogP contribution in [0.25, 0.3) is 0 Å². The third-order valence-electron chi connectivity index (χ3n) is 4.50. The zero-order valence-corrected chi connectivity index (χ0v) is 16.2. The molecule has 1 heterocycles. The number of carboxylic acid groups (broad SMARTS) is 2. The van der Waals surface area contributed by atoms with Crippen LogP contribution in [-0.2, 0) is 9.59 Å². The van der Waals surface area contributed by atoms with Crippen LogP contribution >= 0.6 is 0 Å². The largest absolute Gasteiger partial charge is 0.473 e. The van der Waals surface area contributed by atoms with E-state index >= 15 is 0 Å². The maximum Gasteiger partial charge on any atom is 0.414 e. The van der Waals surface area contributed by atoms with E-state index in [-0.39, 0.29) is 23.5 Å². The molecule has 2 aromatic rings. The van der Waals surface area contributed by atoms with Gasteiger partial charge in [0.2, 0.25) is 0 Å². The molecule has 3 N–H and O–H groups in total. The second-order valence-electron chi connectivity index (χ2n) is 6.61. The van der Waals surface area contributed by atoms with Gasteiger partial charge >= 0.3 is 11.9 Å². The van der Waals surface area contributed by atoms with Gasteiger partial charge in [0.05, 0.1) is 10.6 Å². The summed E-state index contributed by atoms with van der Waals surface area (Å²) in [5.74, 6) is -4.16. The molecule has 0 spiro atoms. The molecule has 1 saturated heterocycles. The average Bonchev–Trinajstić information content (AvgIpc) is 2.76. The highest BCUT2D eigenvalue weighted by molar-refractivity contribution is 6.27. The van der Waals surface area contributed by atoms with E-state index in [1.54, 1.807) is 29.2 Å². The third-order valence-corrected chi connectivity index (χ3v) is 4.50. The quantitative estimate of drug-likeness (QED) is 0.378. The Morgan fingerprint density at radius 3 is 2.19 bits per heavy atom. The van der Waals surface area contributed by atoms with Gasteiger partial charge in [-0.15, -0.1) is 0 Å².